The van der Waals surface area contributed by atoms with E-state index in [-0.39, 0.29) is 11.3 Å². The van der Waals surface area contributed by atoms with Crippen LogP contribution in [0.2, 0.25) is 0 Å². The molecule has 0 radical (unpaired) electrons. The first-order valence-corrected chi connectivity index (χ1v) is 9.72. The van der Waals surface area contributed by atoms with Gasteiger partial charge >= 0.3 is 0 Å². The minimum atomic E-state index is -0.172. The van der Waals surface area contributed by atoms with Crippen molar-refractivity contribution in [1.82, 2.24) is 9.88 Å². The molecule has 1 amide bonds. The van der Waals surface area contributed by atoms with Gasteiger partial charge in [0.1, 0.15) is 5.69 Å². The highest BCUT2D eigenvalue weighted by Gasteiger charge is 2.20. The minimum absolute atomic E-state index is 0.0399. The number of carbonyl (C=O) groups excluding carboxylic acids is 1. The summed E-state index contributed by atoms with van der Waals surface area (Å²) in [7, 11) is 0. The number of amides is 1. The Hall–Kier alpha value is -2.40. The average molecular weight is 367 g/mol. The van der Waals surface area contributed by atoms with Crippen LogP contribution in [0.1, 0.15) is 43.7 Å². The van der Waals surface area contributed by atoms with E-state index < -0.39 is 0 Å². The Bertz CT molecular complexity index is 772. The Morgan fingerprint density at radius 3 is 2.37 bits per heavy atom. The first-order chi connectivity index (χ1) is 12.9. The summed E-state index contributed by atoms with van der Waals surface area (Å²) in [4.78, 5) is 21.9. The molecule has 5 heteroatoms. The summed E-state index contributed by atoms with van der Waals surface area (Å²) in [5.41, 5.74) is 3.44. The van der Waals surface area contributed by atoms with Crippen LogP contribution in [-0.4, -0.2) is 48.5 Å². The number of carbonyl (C=O) groups is 1. The Morgan fingerprint density at radius 2 is 1.78 bits per heavy atom. The molecule has 1 fully saturated rings. The number of anilines is 2. The van der Waals surface area contributed by atoms with Crippen LogP contribution in [-0.2, 0) is 5.41 Å². The highest BCUT2D eigenvalue weighted by Crippen LogP contribution is 2.29. The number of hydrogen-bond acceptors (Lipinski definition) is 4. The summed E-state index contributed by atoms with van der Waals surface area (Å²) in [6.45, 7) is 13.9. The topological polar surface area (TPSA) is 48.5 Å². The van der Waals surface area contributed by atoms with Gasteiger partial charge in [0.25, 0.3) is 5.91 Å². The summed E-state index contributed by atoms with van der Waals surface area (Å²) in [6.07, 6.45) is 1.81. The van der Waals surface area contributed by atoms with E-state index in [1.165, 1.54) is 0 Å². The quantitative estimate of drug-likeness (QED) is 0.895. The number of aromatic nitrogens is 1. The maximum absolute atomic E-state index is 12.7. The van der Waals surface area contributed by atoms with Crippen molar-refractivity contribution in [1.29, 1.82) is 0 Å². The standard InChI is InChI=1S/C22H30N4O/c1-5-25-12-14-26(15-13-25)17-10-11-20(23-16-17)21(27)24-19-9-7-6-8-18(19)22(2,3)4/h6-11,16H,5,12-15H2,1-4H3,(H,24,27). The first-order valence-electron chi connectivity index (χ1n) is 9.72. The second-order valence-corrected chi connectivity index (χ2v) is 8.07. The van der Waals surface area contributed by atoms with Gasteiger partial charge in [-0.1, -0.05) is 45.9 Å². The van der Waals surface area contributed by atoms with Crippen molar-refractivity contribution in [2.45, 2.75) is 33.1 Å². The molecule has 1 N–H and O–H groups in total. The van der Waals surface area contributed by atoms with Crippen LogP contribution < -0.4 is 10.2 Å². The van der Waals surface area contributed by atoms with Crippen LogP contribution in [0.25, 0.3) is 0 Å². The van der Waals surface area contributed by atoms with Crippen molar-refractivity contribution in [2.75, 3.05) is 42.9 Å². The molecule has 1 aliphatic rings. The van der Waals surface area contributed by atoms with Gasteiger partial charge in [-0.3, -0.25) is 4.79 Å². The van der Waals surface area contributed by atoms with Crippen LogP contribution in [0, 0.1) is 0 Å². The summed E-state index contributed by atoms with van der Waals surface area (Å²) < 4.78 is 0. The number of pyridine rings is 1. The zero-order chi connectivity index (χ0) is 19.4. The molecule has 0 spiro atoms. The summed E-state index contributed by atoms with van der Waals surface area (Å²) in [6, 6.07) is 11.8. The highest BCUT2D eigenvalue weighted by molar-refractivity contribution is 6.03. The minimum Gasteiger partial charge on any atom is -0.368 e. The van der Waals surface area contributed by atoms with Gasteiger partial charge in [0, 0.05) is 31.9 Å². The van der Waals surface area contributed by atoms with Crippen LogP contribution in [0.3, 0.4) is 0 Å². The Morgan fingerprint density at radius 1 is 1.07 bits per heavy atom. The van der Waals surface area contributed by atoms with Crippen molar-refractivity contribution in [3.63, 3.8) is 0 Å². The monoisotopic (exact) mass is 366 g/mol. The number of rotatable bonds is 4. The molecule has 2 aromatic rings. The number of likely N-dealkylation sites (N-methyl/N-ethyl adjacent to an activating group) is 1. The van der Waals surface area contributed by atoms with Gasteiger partial charge in [-0.2, -0.15) is 0 Å². The second-order valence-electron chi connectivity index (χ2n) is 8.07. The molecular weight excluding hydrogens is 336 g/mol. The van der Waals surface area contributed by atoms with Crippen molar-refractivity contribution in [3.05, 3.63) is 53.9 Å². The number of piperazine rings is 1. The van der Waals surface area contributed by atoms with E-state index in [1.807, 2.05) is 36.5 Å². The van der Waals surface area contributed by atoms with E-state index in [0.717, 1.165) is 49.7 Å². The van der Waals surface area contributed by atoms with E-state index in [1.54, 1.807) is 0 Å². The van der Waals surface area contributed by atoms with E-state index in [9.17, 15) is 4.79 Å². The molecule has 0 bridgehead atoms. The molecular formula is C22H30N4O. The molecule has 1 aromatic carbocycles. The largest absolute Gasteiger partial charge is 0.368 e. The Balaban J connectivity index is 1.69. The van der Waals surface area contributed by atoms with Crippen molar-refractivity contribution < 1.29 is 4.79 Å². The lowest BCUT2D eigenvalue weighted by Gasteiger charge is -2.35. The second kappa shape index (κ2) is 8.09. The van der Waals surface area contributed by atoms with E-state index in [4.69, 9.17) is 0 Å². The fraction of sp³-hybridized carbons (Fsp3) is 0.455. The van der Waals surface area contributed by atoms with E-state index in [2.05, 4.69) is 53.9 Å². The maximum Gasteiger partial charge on any atom is 0.274 e. The Labute approximate surface area is 162 Å². The van der Waals surface area contributed by atoms with E-state index >= 15 is 0 Å². The zero-order valence-corrected chi connectivity index (χ0v) is 16.8. The third-order valence-corrected chi connectivity index (χ3v) is 5.15. The smallest absolute Gasteiger partial charge is 0.274 e. The van der Waals surface area contributed by atoms with Gasteiger partial charge in [0.15, 0.2) is 0 Å². The van der Waals surface area contributed by atoms with Crippen LogP contribution in [0.15, 0.2) is 42.6 Å². The lowest BCUT2D eigenvalue weighted by atomic mass is 9.86. The summed E-state index contributed by atoms with van der Waals surface area (Å²) >= 11 is 0. The van der Waals surface area contributed by atoms with Crippen molar-refractivity contribution >= 4 is 17.3 Å². The number of benzene rings is 1. The lowest BCUT2D eigenvalue weighted by Crippen LogP contribution is -2.46. The van der Waals surface area contributed by atoms with E-state index in [0.29, 0.717) is 5.69 Å². The van der Waals surface area contributed by atoms with Gasteiger partial charge in [-0.25, -0.2) is 4.98 Å². The molecule has 0 saturated carbocycles. The van der Waals surface area contributed by atoms with Crippen LogP contribution in [0.4, 0.5) is 11.4 Å². The molecule has 0 unspecified atom stereocenters. The molecule has 1 aromatic heterocycles. The van der Waals surface area contributed by atoms with Gasteiger partial charge in [-0.15, -0.1) is 0 Å². The van der Waals surface area contributed by atoms with Gasteiger partial charge in [0.05, 0.1) is 11.9 Å². The predicted octanol–water partition coefficient (Wildman–Crippen LogP) is 3.77. The molecule has 1 aliphatic heterocycles. The Kier molecular flexibility index (Phi) is 5.80. The normalized spacial score (nSPS) is 15.6. The molecule has 5 nitrogen and oxygen atoms in total. The van der Waals surface area contributed by atoms with Gasteiger partial charge in [-0.05, 0) is 35.7 Å². The highest BCUT2D eigenvalue weighted by atomic mass is 16.1. The molecule has 3 rings (SSSR count). The number of hydrogen-bond donors (Lipinski definition) is 1. The molecule has 2 heterocycles. The number of para-hydroxylation sites is 1. The van der Waals surface area contributed by atoms with Crippen molar-refractivity contribution in [3.8, 4) is 0 Å². The maximum atomic E-state index is 12.7. The number of nitrogens with zero attached hydrogens (tertiary/aromatic N) is 3. The molecule has 0 aliphatic carbocycles. The molecule has 1 saturated heterocycles. The van der Waals surface area contributed by atoms with Crippen LogP contribution >= 0.6 is 0 Å². The van der Waals surface area contributed by atoms with Gasteiger partial charge in [0.2, 0.25) is 0 Å². The summed E-state index contributed by atoms with van der Waals surface area (Å²) in [5, 5.41) is 3.02. The number of nitrogens with one attached hydrogen (secondary N) is 1. The first kappa shape index (κ1) is 19.4. The predicted molar refractivity (Wildman–Crippen MR) is 112 cm³/mol. The molecule has 0 atom stereocenters. The molecule has 144 valence electrons. The third-order valence-electron chi connectivity index (χ3n) is 5.15. The fourth-order valence-corrected chi connectivity index (χ4v) is 3.46. The van der Waals surface area contributed by atoms with Crippen molar-refractivity contribution in [2.24, 2.45) is 0 Å². The van der Waals surface area contributed by atoms with Gasteiger partial charge < -0.3 is 15.1 Å². The van der Waals surface area contributed by atoms with Crippen LogP contribution in [0.5, 0.6) is 0 Å². The third kappa shape index (κ3) is 4.66. The lowest BCUT2D eigenvalue weighted by molar-refractivity contribution is 0.102. The zero-order valence-electron chi connectivity index (χ0n) is 16.8. The molecule has 27 heavy (non-hydrogen) atoms. The SMILES string of the molecule is CCN1CCN(c2ccc(C(=O)Nc3ccccc3C(C)(C)C)nc2)CC1. The summed E-state index contributed by atoms with van der Waals surface area (Å²) in [5.74, 6) is -0.172. The average Bonchev–Trinajstić information content (AvgIpc) is 2.68. The fourth-order valence-electron chi connectivity index (χ4n) is 3.46.